The molecule has 2 rings (SSSR count). The van der Waals surface area contributed by atoms with Gasteiger partial charge in [0.1, 0.15) is 6.10 Å². The smallest absolute Gasteiger partial charge is 0.224 e. The van der Waals surface area contributed by atoms with Gasteiger partial charge >= 0.3 is 0 Å². The van der Waals surface area contributed by atoms with Gasteiger partial charge < -0.3 is 9.47 Å². The molecule has 0 saturated carbocycles. The molecule has 68 valence electrons. The highest BCUT2D eigenvalue weighted by molar-refractivity contribution is 5.77. The van der Waals surface area contributed by atoms with E-state index in [1.807, 2.05) is 0 Å². The molecule has 13 heavy (non-hydrogen) atoms. The van der Waals surface area contributed by atoms with Crippen molar-refractivity contribution in [2.24, 2.45) is 0 Å². The molecule has 1 aliphatic heterocycles. The van der Waals surface area contributed by atoms with Gasteiger partial charge in [0.25, 0.3) is 0 Å². The molecule has 1 aliphatic rings. The van der Waals surface area contributed by atoms with Gasteiger partial charge in [-0.2, -0.15) is 0 Å². The van der Waals surface area contributed by atoms with E-state index < -0.39 is 0 Å². The van der Waals surface area contributed by atoms with E-state index in [1.165, 1.54) is 0 Å². The van der Waals surface area contributed by atoms with Gasteiger partial charge in [0, 0.05) is 6.20 Å². The Kier molecular flexibility index (Phi) is 2.23. The molecule has 4 nitrogen and oxygen atoms in total. The monoisotopic (exact) mass is 179 g/mol. The molecule has 0 atom stereocenters. The summed E-state index contributed by atoms with van der Waals surface area (Å²) in [6, 6.07) is 3.38. The molecular weight excluding hydrogens is 170 g/mol. The number of pyridine rings is 1. The van der Waals surface area contributed by atoms with Crippen LogP contribution in [0.1, 0.15) is 10.4 Å². The van der Waals surface area contributed by atoms with Crippen molar-refractivity contribution in [1.29, 1.82) is 0 Å². The zero-order valence-electron chi connectivity index (χ0n) is 6.97. The van der Waals surface area contributed by atoms with Gasteiger partial charge in [-0.25, -0.2) is 4.98 Å². The fourth-order valence-corrected chi connectivity index (χ4v) is 1.03. The molecule has 0 spiro atoms. The number of ether oxygens (including phenoxy) is 2. The van der Waals surface area contributed by atoms with Crippen LogP contribution in [0.5, 0.6) is 5.88 Å². The van der Waals surface area contributed by atoms with E-state index in [1.54, 1.807) is 18.3 Å². The number of nitrogens with zero attached hydrogens (tertiary/aromatic N) is 1. The molecule has 0 amide bonds. The van der Waals surface area contributed by atoms with E-state index in [9.17, 15) is 4.79 Å². The maximum Gasteiger partial charge on any atom is 0.224 e. The predicted molar refractivity (Wildman–Crippen MR) is 44.9 cm³/mol. The zero-order valence-corrected chi connectivity index (χ0v) is 6.97. The largest absolute Gasteiger partial charge is 0.469 e. The number of carbonyl (C=O) groups excluding carboxylic acids is 1. The number of carbonyl (C=O) groups is 1. The topological polar surface area (TPSA) is 48.4 Å². The van der Waals surface area contributed by atoms with Crippen molar-refractivity contribution < 1.29 is 14.3 Å². The third-order valence-electron chi connectivity index (χ3n) is 1.81. The minimum absolute atomic E-state index is 0.0496. The highest BCUT2D eigenvalue weighted by atomic mass is 16.6. The number of hydrogen-bond donors (Lipinski definition) is 0. The lowest BCUT2D eigenvalue weighted by Gasteiger charge is -2.26. The van der Waals surface area contributed by atoms with Crippen LogP contribution in [0.2, 0.25) is 0 Å². The Hall–Kier alpha value is -1.42. The molecule has 0 unspecified atom stereocenters. The Labute approximate surface area is 75.5 Å². The van der Waals surface area contributed by atoms with E-state index in [0.29, 0.717) is 24.7 Å². The second-order valence-electron chi connectivity index (χ2n) is 2.79. The Balaban J connectivity index is 2.12. The third kappa shape index (κ3) is 1.67. The summed E-state index contributed by atoms with van der Waals surface area (Å²) in [6.45, 7) is 1.16. The molecular formula is C9H9NO3. The van der Waals surface area contributed by atoms with Gasteiger partial charge in [0.2, 0.25) is 5.88 Å². The summed E-state index contributed by atoms with van der Waals surface area (Å²) in [4.78, 5) is 14.5. The van der Waals surface area contributed by atoms with Gasteiger partial charge in [-0.05, 0) is 12.1 Å². The molecule has 0 aromatic carbocycles. The molecule has 0 bridgehead atoms. The SMILES string of the molecule is O=Cc1cccnc1OC1COC1. The average Bonchev–Trinajstić information content (AvgIpc) is 2.12. The minimum atomic E-state index is 0.0496. The Bertz CT molecular complexity index is 309. The lowest BCUT2D eigenvalue weighted by molar-refractivity contribution is -0.0814. The molecule has 0 N–H and O–H groups in total. The first-order chi connectivity index (χ1) is 6.40. The van der Waals surface area contributed by atoms with Crippen LogP contribution in [0.3, 0.4) is 0 Å². The average molecular weight is 179 g/mol. The standard InChI is InChI=1S/C9H9NO3/c11-4-7-2-1-3-10-9(7)13-8-5-12-6-8/h1-4,8H,5-6H2. The van der Waals surface area contributed by atoms with Gasteiger partial charge in [-0.3, -0.25) is 4.79 Å². The number of aromatic nitrogens is 1. The highest BCUT2D eigenvalue weighted by Crippen LogP contribution is 2.16. The van der Waals surface area contributed by atoms with Crippen LogP contribution in [0.25, 0.3) is 0 Å². The van der Waals surface area contributed by atoms with Crippen molar-refractivity contribution in [1.82, 2.24) is 4.98 Å². The fraction of sp³-hybridized carbons (Fsp3) is 0.333. The molecule has 0 aliphatic carbocycles. The van der Waals surface area contributed by atoms with Gasteiger partial charge in [-0.1, -0.05) is 0 Å². The van der Waals surface area contributed by atoms with Gasteiger partial charge in [-0.15, -0.1) is 0 Å². The number of rotatable bonds is 3. The normalized spacial score (nSPS) is 16.3. The predicted octanol–water partition coefficient (Wildman–Crippen LogP) is 0.672. The summed E-state index contributed by atoms with van der Waals surface area (Å²) < 4.78 is 10.3. The molecule has 0 radical (unpaired) electrons. The van der Waals surface area contributed by atoms with E-state index in [4.69, 9.17) is 9.47 Å². The third-order valence-corrected chi connectivity index (χ3v) is 1.81. The van der Waals surface area contributed by atoms with Crippen molar-refractivity contribution in [3.63, 3.8) is 0 Å². The maximum absolute atomic E-state index is 10.6. The molecule has 4 heteroatoms. The van der Waals surface area contributed by atoms with Crippen molar-refractivity contribution >= 4 is 6.29 Å². The first kappa shape index (κ1) is 8.19. The quantitative estimate of drug-likeness (QED) is 0.640. The van der Waals surface area contributed by atoms with Crippen LogP contribution in [-0.2, 0) is 4.74 Å². The molecule has 1 fully saturated rings. The molecule has 1 aromatic rings. The summed E-state index contributed by atoms with van der Waals surface area (Å²) in [5.41, 5.74) is 0.481. The Morgan fingerprint density at radius 3 is 3.08 bits per heavy atom. The van der Waals surface area contributed by atoms with Crippen molar-refractivity contribution in [3.05, 3.63) is 23.9 Å². The van der Waals surface area contributed by atoms with E-state index in [2.05, 4.69) is 4.98 Å². The van der Waals surface area contributed by atoms with Crippen LogP contribution < -0.4 is 4.74 Å². The van der Waals surface area contributed by atoms with E-state index in [-0.39, 0.29) is 6.10 Å². The summed E-state index contributed by atoms with van der Waals surface area (Å²) in [5.74, 6) is 0.394. The summed E-state index contributed by atoms with van der Waals surface area (Å²) in [5, 5.41) is 0. The Morgan fingerprint density at radius 2 is 2.46 bits per heavy atom. The van der Waals surface area contributed by atoms with Crippen LogP contribution in [-0.4, -0.2) is 30.6 Å². The fourth-order valence-electron chi connectivity index (χ4n) is 1.03. The van der Waals surface area contributed by atoms with Crippen LogP contribution >= 0.6 is 0 Å². The van der Waals surface area contributed by atoms with Crippen molar-refractivity contribution in [2.45, 2.75) is 6.10 Å². The Morgan fingerprint density at radius 1 is 1.62 bits per heavy atom. The summed E-state index contributed by atoms with van der Waals surface area (Å²) in [6.07, 6.45) is 2.39. The molecule has 2 heterocycles. The highest BCUT2D eigenvalue weighted by Gasteiger charge is 2.21. The maximum atomic E-state index is 10.6. The van der Waals surface area contributed by atoms with Gasteiger partial charge in [0.15, 0.2) is 6.29 Å². The second-order valence-corrected chi connectivity index (χ2v) is 2.79. The van der Waals surface area contributed by atoms with E-state index >= 15 is 0 Å². The lowest BCUT2D eigenvalue weighted by Crippen LogP contribution is -2.39. The lowest BCUT2D eigenvalue weighted by atomic mass is 10.3. The van der Waals surface area contributed by atoms with E-state index in [0.717, 1.165) is 6.29 Å². The van der Waals surface area contributed by atoms with Gasteiger partial charge in [0.05, 0.1) is 18.8 Å². The summed E-state index contributed by atoms with van der Waals surface area (Å²) in [7, 11) is 0. The minimum Gasteiger partial charge on any atom is -0.469 e. The molecule has 1 saturated heterocycles. The first-order valence-corrected chi connectivity index (χ1v) is 4.05. The summed E-state index contributed by atoms with van der Waals surface area (Å²) >= 11 is 0. The first-order valence-electron chi connectivity index (χ1n) is 4.05. The number of hydrogen-bond acceptors (Lipinski definition) is 4. The number of aldehydes is 1. The second kappa shape index (κ2) is 3.53. The van der Waals surface area contributed by atoms with Crippen LogP contribution in [0.15, 0.2) is 18.3 Å². The molecule has 1 aromatic heterocycles. The van der Waals surface area contributed by atoms with Crippen molar-refractivity contribution in [3.8, 4) is 5.88 Å². The van der Waals surface area contributed by atoms with Crippen LogP contribution in [0, 0.1) is 0 Å². The zero-order chi connectivity index (χ0) is 9.10. The van der Waals surface area contributed by atoms with Crippen LogP contribution in [0.4, 0.5) is 0 Å². The van der Waals surface area contributed by atoms with Crippen molar-refractivity contribution in [2.75, 3.05) is 13.2 Å².